The van der Waals surface area contributed by atoms with E-state index in [-0.39, 0.29) is 18.8 Å². The van der Waals surface area contributed by atoms with Crippen LogP contribution in [0, 0.1) is 11.3 Å². The number of aromatic nitrogens is 3. The molecule has 0 N–H and O–H groups in total. The van der Waals surface area contributed by atoms with Crippen LogP contribution in [0.5, 0.6) is 0 Å². The molecule has 2 aromatic rings. The Kier molecular flexibility index (Phi) is 7.00. The largest absolute Gasteiger partial charge is 0.444 e. The fraction of sp³-hybridized carbons (Fsp3) is 0.571. The maximum absolute atomic E-state index is 12.1. The van der Waals surface area contributed by atoms with E-state index in [4.69, 9.17) is 19.3 Å². The second-order valence-electron chi connectivity index (χ2n) is 8.24. The van der Waals surface area contributed by atoms with Gasteiger partial charge in [0.25, 0.3) is 0 Å². The molecule has 1 amide bonds. The minimum absolute atomic E-state index is 0.0480. The number of ether oxygens (including phenoxy) is 2. The predicted molar refractivity (Wildman–Crippen MR) is 106 cm³/mol. The topological polar surface area (TPSA) is 114 Å². The van der Waals surface area contributed by atoms with Crippen LogP contribution in [0.3, 0.4) is 0 Å². The third-order valence-electron chi connectivity index (χ3n) is 4.62. The fourth-order valence-corrected chi connectivity index (χ4v) is 3.12. The first-order valence-electron chi connectivity index (χ1n) is 10.1. The van der Waals surface area contributed by atoms with Crippen molar-refractivity contribution >= 4 is 6.09 Å². The Morgan fingerprint density at radius 1 is 1.33 bits per heavy atom. The Bertz CT molecular complexity index is 891. The van der Waals surface area contributed by atoms with Crippen LogP contribution in [0.15, 0.2) is 22.9 Å². The van der Waals surface area contributed by atoms with Gasteiger partial charge in [0.15, 0.2) is 5.82 Å². The van der Waals surface area contributed by atoms with E-state index in [1.165, 1.54) is 0 Å². The van der Waals surface area contributed by atoms with Crippen LogP contribution in [0.4, 0.5) is 4.79 Å². The van der Waals surface area contributed by atoms with Crippen LogP contribution in [-0.4, -0.2) is 50.9 Å². The van der Waals surface area contributed by atoms with E-state index >= 15 is 0 Å². The first kappa shape index (κ1) is 21.7. The summed E-state index contributed by atoms with van der Waals surface area (Å²) >= 11 is 0. The van der Waals surface area contributed by atoms with Gasteiger partial charge in [0.05, 0.1) is 6.10 Å². The number of aryl methyl sites for hydroxylation is 2. The van der Waals surface area contributed by atoms with Crippen LogP contribution in [0.25, 0.3) is 0 Å². The number of likely N-dealkylation sites (tertiary alicyclic amines) is 1. The van der Waals surface area contributed by atoms with E-state index in [1.807, 2.05) is 32.9 Å². The molecule has 0 unspecified atom stereocenters. The third kappa shape index (κ3) is 6.52. The molecule has 160 valence electrons. The Labute approximate surface area is 176 Å². The number of amides is 1. The Morgan fingerprint density at radius 2 is 2.10 bits per heavy atom. The highest BCUT2D eigenvalue weighted by molar-refractivity contribution is 5.68. The molecule has 1 aliphatic heterocycles. The van der Waals surface area contributed by atoms with Crippen molar-refractivity contribution in [1.82, 2.24) is 20.0 Å². The van der Waals surface area contributed by atoms with E-state index in [0.717, 1.165) is 18.4 Å². The van der Waals surface area contributed by atoms with Gasteiger partial charge < -0.3 is 18.9 Å². The summed E-state index contributed by atoms with van der Waals surface area (Å²) in [6.07, 6.45) is 4.14. The molecule has 0 saturated carbocycles. The average molecular weight is 413 g/mol. The highest BCUT2D eigenvalue weighted by Gasteiger charge is 2.27. The quantitative estimate of drug-likeness (QED) is 0.710. The van der Waals surface area contributed by atoms with Crippen molar-refractivity contribution < 1.29 is 18.8 Å². The summed E-state index contributed by atoms with van der Waals surface area (Å²) in [5.41, 5.74) is 0.898. The van der Waals surface area contributed by atoms with Gasteiger partial charge in [-0.15, -0.1) is 0 Å². The highest BCUT2D eigenvalue weighted by Crippen LogP contribution is 2.18. The normalized spacial score (nSPS) is 15.1. The standard InChI is InChI=1S/C21H27N5O4/c1-21(2,3)29-20(27)26-10-7-17(8-11-26)28-14-18-24-19(30-25-18)5-4-15-6-9-23-16(12-15)13-22/h6,9,12,17H,4-5,7-8,10-11,14H2,1-3H3. The first-order chi connectivity index (χ1) is 14.3. The monoisotopic (exact) mass is 413 g/mol. The van der Waals surface area contributed by atoms with Crippen molar-refractivity contribution in [1.29, 1.82) is 5.26 Å². The van der Waals surface area contributed by atoms with Crippen molar-refractivity contribution in [2.75, 3.05) is 13.1 Å². The Morgan fingerprint density at radius 3 is 2.80 bits per heavy atom. The summed E-state index contributed by atoms with van der Waals surface area (Å²) in [6.45, 7) is 7.07. The van der Waals surface area contributed by atoms with Gasteiger partial charge in [-0.2, -0.15) is 10.2 Å². The zero-order valence-electron chi connectivity index (χ0n) is 17.6. The lowest BCUT2D eigenvalue weighted by molar-refractivity contribution is -0.0190. The summed E-state index contributed by atoms with van der Waals surface area (Å²) in [5.74, 6) is 1.04. The zero-order chi connectivity index (χ0) is 21.6. The number of hydrogen-bond donors (Lipinski definition) is 0. The van der Waals surface area contributed by atoms with Gasteiger partial charge in [-0.1, -0.05) is 5.16 Å². The Balaban J connectivity index is 1.40. The minimum atomic E-state index is -0.490. The number of nitrogens with zero attached hydrogens (tertiary/aromatic N) is 5. The van der Waals surface area contributed by atoms with E-state index in [9.17, 15) is 4.79 Å². The Hall–Kier alpha value is -2.99. The van der Waals surface area contributed by atoms with Crippen molar-refractivity contribution in [2.45, 2.75) is 64.8 Å². The molecular formula is C21H27N5O4. The van der Waals surface area contributed by atoms with Crippen LogP contribution < -0.4 is 0 Å². The van der Waals surface area contributed by atoms with Crippen molar-refractivity contribution in [3.8, 4) is 6.07 Å². The lowest BCUT2D eigenvalue weighted by Gasteiger charge is -2.33. The summed E-state index contributed by atoms with van der Waals surface area (Å²) in [7, 11) is 0. The number of nitriles is 1. The summed E-state index contributed by atoms with van der Waals surface area (Å²) in [6, 6.07) is 5.65. The van der Waals surface area contributed by atoms with Crippen LogP contribution in [0.1, 0.15) is 56.6 Å². The van der Waals surface area contributed by atoms with Crippen LogP contribution >= 0.6 is 0 Å². The van der Waals surface area contributed by atoms with Crippen LogP contribution in [0.2, 0.25) is 0 Å². The van der Waals surface area contributed by atoms with Crippen molar-refractivity contribution in [3.05, 3.63) is 41.3 Å². The van der Waals surface area contributed by atoms with Gasteiger partial charge in [0.1, 0.15) is 24.0 Å². The van der Waals surface area contributed by atoms with Crippen molar-refractivity contribution in [3.63, 3.8) is 0 Å². The fourth-order valence-electron chi connectivity index (χ4n) is 3.12. The van der Waals surface area contributed by atoms with Gasteiger partial charge in [-0.05, 0) is 57.7 Å². The molecule has 0 bridgehead atoms. The van der Waals surface area contributed by atoms with Gasteiger partial charge in [0.2, 0.25) is 5.89 Å². The third-order valence-corrected chi connectivity index (χ3v) is 4.62. The molecule has 0 atom stereocenters. The molecule has 0 spiro atoms. The number of hydrogen-bond acceptors (Lipinski definition) is 8. The molecule has 0 aliphatic carbocycles. The molecule has 1 saturated heterocycles. The first-order valence-corrected chi connectivity index (χ1v) is 10.1. The average Bonchev–Trinajstić information content (AvgIpc) is 3.18. The van der Waals surface area contributed by atoms with E-state index < -0.39 is 5.60 Å². The van der Waals surface area contributed by atoms with Crippen LogP contribution in [-0.2, 0) is 28.9 Å². The molecule has 9 heteroatoms. The van der Waals surface area contributed by atoms with E-state index in [1.54, 1.807) is 17.2 Å². The number of rotatable bonds is 6. The van der Waals surface area contributed by atoms with Gasteiger partial charge in [0, 0.05) is 25.7 Å². The predicted octanol–water partition coefficient (Wildman–Crippen LogP) is 3.04. The molecule has 3 heterocycles. The van der Waals surface area contributed by atoms with E-state index in [2.05, 4.69) is 15.1 Å². The molecule has 1 aliphatic rings. The van der Waals surface area contributed by atoms with E-state index in [0.29, 0.717) is 43.3 Å². The number of pyridine rings is 1. The van der Waals surface area contributed by atoms with Gasteiger partial charge in [-0.3, -0.25) is 0 Å². The second-order valence-corrected chi connectivity index (χ2v) is 8.24. The molecular weight excluding hydrogens is 386 g/mol. The highest BCUT2D eigenvalue weighted by atomic mass is 16.6. The molecule has 9 nitrogen and oxygen atoms in total. The number of carbonyl (C=O) groups excluding carboxylic acids is 1. The summed E-state index contributed by atoms with van der Waals surface area (Å²) in [4.78, 5) is 22.2. The smallest absolute Gasteiger partial charge is 0.410 e. The maximum Gasteiger partial charge on any atom is 0.410 e. The lowest BCUT2D eigenvalue weighted by atomic mass is 10.1. The maximum atomic E-state index is 12.1. The molecule has 3 rings (SSSR count). The SMILES string of the molecule is CC(C)(C)OC(=O)N1CCC(OCc2noc(CCc3ccnc(C#N)c3)n2)CC1. The molecule has 1 fully saturated rings. The lowest BCUT2D eigenvalue weighted by Crippen LogP contribution is -2.43. The van der Waals surface area contributed by atoms with Gasteiger partial charge in [-0.25, -0.2) is 9.78 Å². The molecule has 0 aromatic carbocycles. The summed E-state index contributed by atoms with van der Waals surface area (Å²) in [5, 5.41) is 12.9. The molecule has 2 aromatic heterocycles. The zero-order valence-corrected chi connectivity index (χ0v) is 17.6. The second kappa shape index (κ2) is 9.67. The molecule has 0 radical (unpaired) electrons. The van der Waals surface area contributed by atoms with Crippen molar-refractivity contribution in [2.24, 2.45) is 0 Å². The molecule has 30 heavy (non-hydrogen) atoms. The number of piperidine rings is 1. The summed E-state index contributed by atoms with van der Waals surface area (Å²) < 4.78 is 16.6. The number of carbonyl (C=O) groups is 1. The minimum Gasteiger partial charge on any atom is -0.444 e. The van der Waals surface area contributed by atoms with Gasteiger partial charge >= 0.3 is 6.09 Å².